The van der Waals surface area contributed by atoms with Gasteiger partial charge in [-0.2, -0.15) is 74.0 Å². The van der Waals surface area contributed by atoms with E-state index in [1.54, 1.807) is 0 Å². The number of nitrogens with zero attached hydrogens (tertiary/aromatic N) is 10. The Morgan fingerprint density at radius 2 is 1.05 bits per heavy atom. The molecule has 4 unspecified atom stereocenters. The van der Waals surface area contributed by atoms with Crippen LogP contribution in [0.3, 0.4) is 0 Å². The fourth-order valence-corrected chi connectivity index (χ4v) is 9.11. The third-order valence-electron chi connectivity index (χ3n) is 11.6. The van der Waals surface area contributed by atoms with Crippen molar-refractivity contribution >= 4 is 34.4 Å². The fraction of sp³-hybridized carbons (Fsp3) is 0.348. The van der Waals surface area contributed by atoms with Crippen LogP contribution in [0.1, 0.15) is 61.3 Å². The van der Waals surface area contributed by atoms with Crippen LogP contribution >= 0.6 is 0 Å². The van der Waals surface area contributed by atoms with Gasteiger partial charge in [-0.25, -0.2) is 9.97 Å². The summed E-state index contributed by atoms with van der Waals surface area (Å²) in [7, 11) is 0. The molecule has 0 N–H and O–H groups in total. The third kappa shape index (κ3) is 9.61. The molecule has 2 aliphatic heterocycles. The number of pyridine rings is 2. The van der Waals surface area contributed by atoms with Crippen LogP contribution in [0.4, 0.5) is 34.4 Å². The molecule has 6 heterocycles. The summed E-state index contributed by atoms with van der Waals surface area (Å²) in [4.78, 5) is 18.3. The van der Waals surface area contributed by atoms with Crippen LogP contribution in [-0.2, 0) is 55.0 Å². The second kappa shape index (κ2) is 19.2. The van der Waals surface area contributed by atoms with Gasteiger partial charge in [0.05, 0.1) is 0 Å². The smallest absolute Gasteiger partial charge is 0.124 e. The standard InChI is InChI=1S/2C23H24N5.2Pt/c2*1-17-12-20(26-25-17)14-18-9-10-19(13-18)15-27-16-28(21-6-3-2-4-7-21)23-22(27)8-5-11-24-23;;/h2*2-6,8,11-12,16,18-19H,9-10,13-15H2,1H3;;/q2*-3;;. The van der Waals surface area contributed by atoms with Gasteiger partial charge in [0.25, 0.3) is 0 Å². The Kier molecular flexibility index (Phi) is 13.9. The zero-order valence-corrected chi connectivity index (χ0v) is 37.4. The Bertz CT molecular complexity index is 2040. The molecule has 58 heavy (non-hydrogen) atoms. The largest absolute Gasteiger partial charge is 0.579 e. The van der Waals surface area contributed by atoms with Gasteiger partial charge in [-0.15, -0.1) is 22.8 Å². The molecule has 308 valence electrons. The van der Waals surface area contributed by atoms with Gasteiger partial charge < -0.3 is 40.0 Å². The predicted octanol–water partition coefficient (Wildman–Crippen LogP) is 8.55. The van der Waals surface area contributed by atoms with Gasteiger partial charge in [0, 0.05) is 77.3 Å². The summed E-state index contributed by atoms with van der Waals surface area (Å²) in [6, 6.07) is 35.4. The molecule has 0 bridgehead atoms. The molecule has 2 aliphatic carbocycles. The van der Waals surface area contributed by atoms with Gasteiger partial charge in [-0.1, -0.05) is 26.0 Å². The summed E-state index contributed by atoms with van der Waals surface area (Å²) in [6.45, 7) is 10.5. The van der Waals surface area contributed by atoms with E-state index in [4.69, 9.17) is 0 Å². The van der Waals surface area contributed by atoms with Crippen molar-refractivity contribution in [1.82, 2.24) is 30.4 Å². The first-order chi connectivity index (χ1) is 27.5. The Hall–Kier alpha value is -4.26. The Labute approximate surface area is 371 Å². The van der Waals surface area contributed by atoms with E-state index in [9.17, 15) is 0 Å². The number of benzene rings is 2. The van der Waals surface area contributed by atoms with Gasteiger partial charge in [-0.3, -0.25) is 0 Å². The van der Waals surface area contributed by atoms with Crippen molar-refractivity contribution in [2.45, 2.75) is 65.2 Å². The summed E-state index contributed by atoms with van der Waals surface area (Å²) < 4.78 is 0. The molecule has 10 rings (SSSR count). The summed E-state index contributed by atoms with van der Waals surface area (Å²) in [5, 5.41) is 16.9. The molecule has 0 radical (unpaired) electrons. The van der Waals surface area contributed by atoms with Gasteiger partial charge in [-0.05, 0) is 112 Å². The zero-order valence-electron chi connectivity index (χ0n) is 32.9. The number of aromatic nitrogens is 6. The van der Waals surface area contributed by atoms with Crippen molar-refractivity contribution in [3.05, 3.63) is 146 Å². The SMILES string of the molecule is Cc1cc(CC2CCC(CN3[CH-]N(c4[c-]cccc4)c4ncccc43)C2)n[n-]1.Cc1cc(CC2CCC(CN3[CH-]N(c4[c-]cccc4)c4ncccc43)C2)n[n-]1.[Pt].[Pt]. The minimum absolute atomic E-state index is 0. The molecule has 10 nitrogen and oxygen atoms in total. The number of fused-ring (bicyclic) bond motifs is 2. The molecule has 4 aliphatic rings. The topological polar surface area (TPSA) is 92.7 Å². The number of hydrogen-bond donors (Lipinski definition) is 0. The van der Waals surface area contributed by atoms with E-state index in [0.29, 0.717) is 11.8 Å². The number of anilines is 6. The van der Waals surface area contributed by atoms with Crippen molar-refractivity contribution < 1.29 is 42.1 Å². The van der Waals surface area contributed by atoms with E-state index in [1.165, 1.54) is 49.9 Å². The summed E-state index contributed by atoms with van der Waals surface area (Å²) in [6.07, 6.45) is 13.5. The number of rotatable bonds is 10. The Morgan fingerprint density at radius 3 is 1.45 bits per heavy atom. The molecular formula is C46H48N10Pt2-6. The van der Waals surface area contributed by atoms with Gasteiger partial charge in [0.1, 0.15) is 11.6 Å². The normalized spacial score (nSPS) is 20.6. The average molecular weight is 1130 g/mol. The second-order valence-corrected chi connectivity index (χ2v) is 15.9. The molecule has 6 aromatic rings. The maximum Gasteiger partial charge on any atom is 0.124 e. The van der Waals surface area contributed by atoms with Crippen molar-refractivity contribution in [1.29, 1.82) is 0 Å². The van der Waals surface area contributed by atoms with Crippen LogP contribution < -0.4 is 29.8 Å². The molecular weight excluding hydrogens is 1080 g/mol. The van der Waals surface area contributed by atoms with E-state index in [0.717, 1.165) is 83.6 Å². The first-order valence-electron chi connectivity index (χ1n) is 20.1. The maximum absolute atomic E-state index is 4.63. The first kappa shape index (κ1) is 41.9. The zero-order chi connectivity index (χ0) is 37.8. The molecule has 2 aromatic carbocycles. The molecule has 2 fully saturated rings. The molecule has 12 heteroatoms. The molecule has 4 atom stereocenters. The second-order valence-electron chi connectivity index (χ2n) is 15.9. The minimum Gasteiger partial charge on any atom is -0.579 e. The fourth-order valence-electron chi connectivity index (χ4n) is 9.11. The maximum atomic E-state index is 4.63. The van der Waals surface area contributed by atoms with Gasteiger partial charge >= 0.3 is 0 Å². The van der Waals surface area contributed by atoms with E-state index in [2.05, 4.69) is 112 Å². The Balaban J connectivity index is 0.000000171. The molecule has 0 spiro atoms. The number of para-hydroxylation sites is 2. The van der Waals surface area contributed by atoms with Gasteiger partial charge in [0.15, 0.2) is 0 Å². The summed E-state index contributed by atoms with van der Waals surface area (Å²) in [5.74, 6) is 4.80. The third-order valence-corrected chi connectivity index (χ3v) is 11.6. The van der Waals surface area contributed by atoms with Crippen LogP contribution in [0, 0.1) is 63.0 Å². The molecule has 0 saturated heterocycles. The quantitative estimate of drug-likeness (QED) is 0.124. The van der Waals surface area contributed by atoms with E-state index in [-0.39, 0.29) is 42.1 Å². The van der Waals surface area contributed by atoms with Crippen molar-refractivity contribution in [3.63, 3.8) is 0 Å². The first-order valence-corrected chi connectivity index (χ1v) is 20.1. The van der Waals surface area contributed by atoms with E-state index < -0.39 is 0 Å². The Morgan fingerprint density at radius 1 is 0.603 bits per heavy atom. The van der Waals surface area contributed by atoms with Crippen LogP contribution in [0.2, 0.25) is 0 Å². The van der Waals surface area contributed by atoms with Crippen molar-refractivity contribution in [3.8, 4) is 0 Å². The summed E-state index contributed by atoms with van der Waals surface area (Å²) >= 11 is 0. The molecule has 0 amide bonds. The summed E-state index contributed by atoms with van der Waals surface area (Å²) in [5.41, 5.74) is 8.77. The van der Waals surface area contributed by atoms with Crippen LogP contribution in [-0.4, -0.2) is 33.3 Å². The van der Waals surface area contributed by atoms with Crippen molar-refractivity contribution in [2.75, 3.05) is 32.7 Å². The minimum atomic E-state index is 0. The van der Waals surface area contributed by atoms with Crippen LogP contribution in [0.25, 0.3) is 0 Å². The van der Waals surface area contributed by atoms with E-state index >= 15 is 0 Å². The number of aryl methyl sites for hydroxylation is 2. The van der Waals surface area contributed by atoms with Gasteiger partial charge in [0.2, 0.25) is 0 Å². The van der Waals surface area contributed by atoms with Crippen molar-refractivity contribution in [2.24, 2.45) is 23.7 Å². The average Bonchev–Trinajstić information content (AvgIpc) is 4.11. The predicted molar refractivity (Wildman–Crippen MR) is 220 cm³/mol. The molecule has 2 saturated carbocycles. The monoisotopic (exact) mass is 1130 g/mol. The number of hydrogen-bond acceptors (Lipinski definition) is 8. The van der Waals surface area contributed by atoms with E-state index in [1.807, 2.05) is 74.8 Å². The van der Waals surface area contributed by atoms with Crippen LogP contribution in [0.15, 0.2) is 97.3 Å². The molecule has 4 aromatic heterocycles. The van der Waals surface area contributed by atoms with Crippen LogP contribution in [0.5, 0.6) is 0 Å².